The number of methoxy groups -OCH3 is 2. The van der Waals surface area contributed by atoms with Gasteiger partial charge in [-0.25, -0.2) is 4.98 Å². The molecule has 0 radical (unpaired) electrons. The van der Waals surface area contributed by atoms with Gasteiger partial charge in [-0.1, -0.05) is 23.2 Å². The molecule has 0 fully saturated rings. The lowest BCUT2D eigenvalue weighted by Gasteiger charge is -2.11. The molecule has 1 N–H and O–H groups in total. The average molecular weight is 327 g/mol. The molecule has 21 heavy (non-hydrogen) atoms. The molecule has 0 aliphatic heterocycles. The maximum atomic E-state index is 12.2. The van der Waals surface area contributed by atoms with Gasteiger partial charge in [-0.15, -0.1) is 0 Å². The molecule has 0 aliphatic rings. The SMILES string of the molecule is COc1cc(C(=O)Nc2ccc(Cl)cn2)cc(Cl)c1OC. The summed E-state index contributed by atoms with van der Waals surface area (Å²) in [6, 6.07) is 6.26. The standard InChI is InChI=1S/C14H12Cl2N2O3/c1-20-11-6-8(5-10(16)13(11)21-2)14(19)18-12-4-3-9(15)7-17-12/h3-7H,1-2H3,(H,17,18,19). The van der Waals surface area contributed by atoms with E-state index in [4.69, 9.17) is 32.7 Å². The zero-order valence-corrected chi connectivity index (χ0v) is 12.8. The van der Waals surface area contributed by atoms with Crippen molar-refractivity contribution in [3.63, 3.8) is 0 Å². The molecule has 7 heteroatoms. The summed E-state index contributed by atoms with van der Waals surface area (Å²) in [4.78, 5) is 16.2. The molecule has 2 aromatic rings. The topological polar surface area (TPSA) is 60.5 Å². The molecule has 1 aromatic carbocycles. The summed E-state index contributed by atoms with van der Waals surface area (Å²) in [7, 11) is 2.94. The van der Waals surface area contributed by atoms with Crippen molar-refractivity contribution in [3.05, 3.63) is 46.1 Å². The fourth-order valence-corrected chi connectivity index (χ4v) is 2.09. The quantitative estimate of drug-likeness (QED) is 0.931. The number of ether oxygens (including phenoxy) is 2. The first-order valence-electron chi connectivity index (χ1n) is 5.89. The zero-order valence-electron chi connectivity index (χ0n) is 11.3. The molecular weight excluding hydrogens is 315 g/mol. The largest absolute Gasteiger partial charge is 0.493 e. The molecule has 1 heterocycles. The molecule has 1 amide bonds. The first-order chi connectivity index (χ1) is 10.0. The Morgan fingerprint density at radius 2 is 1.95 bits per heavy atom. The van der Waals surface area contributed by atoms with Gasteiger partial charge in [-0.3, -0.25) is 4.79 Å². The Hall–Kier alpha value is -1.98. The maximum Gasteiger partial charge on any atom is 0.257 e. The van der Waals surface area contributed by atoms with Crippen LogP contribution in [0.1, 0.15) is 10.4 Å². The fourth-order valence-electron chi connectivity index (χ4n) is 1.69. The molecular formula is C14H12Cl2N2O3. The summed E-state index contributed by atoms with van der Waals surface area (Å²) in [5.74, 6) is 0.766. The number of nitrogens with one attached hydrogen (secondary N) is 1. The van der Waals surface area contributed by atoms with Gasteiger partial charge in [0.05, 0.1) is 24.3 Å². The molecule has 0 saturated carbocycles. The molecule has 0 aliphatic carbocycles. The van der Waals surface area contributed by atoms with Gasteiger partial charge in [0.1, 0.15) is 5.82 Å². The van der Waals surface area contributed by atoms with E-state index >= 15 is 0 Å². The second-order valence-electron chi connectivity index (χ2n) is 4.01. The van der Waals surface area contributed by atoms with Crippen LogP contribution in [-0.2, 0) is 0 Å². The molecule has 0 saturated heterocycles. The Morgan fingerprint density at radius 1 is 1.19 bits per heavy atom. The summed E-state index contributed by atoms with van der Waals surface area (Å²) in [5, 5.41) is 3.41. The van der Waals surface area contributed by atoms with Gasteiger partial charge < -0.3 is 14.8 Å². The Morgan fingerprint density at radius 3 is 2.52 bits per heavy atom. The minimum atomic E-state index is -0.368. The van der Waals surface area contributed by atoms with Crippen LogP contribution in [0.2, 0.25) is 10.0 Å². The Balaban J connectivity index is 2.27. The predicted octanol–water partition coefficient (Wildman–Crippen LogP) is 3.66. The van der Waals surface area contributed by atoms with Crippen molar-refractivity contribution in [2.45, 2.75) is 0 Å². The van der Waals surface area contributed by atoms with Crippen LogP contribution < -0.4 is 14.8 Å². The number of nitrogens with zero attached hydrogens (tertiary/aromatic N) is 1. The van der Waals surface area contributed by atoms with E-state index in [0.29, 0.717) is 27.9 Å². The summed E-state index contributed by atoms with van der Waals surface area (Å²) < 4.78 is 10.3. The summed E-state index contributed by atoms with van der Waals surface area (Å²) in [5.41, 5.74) is 0.328. The van der Waals surface area contributed by atoms with E-state index in [0.717, 1.165) is 0 Å². The Labute approximate surface area is 131 Å². The van der Waals surface area contributed by atoms with Crippen molar-refractivity contribution in [1.29, 1.82) is 0 Å². The van der Waals surface area contributed by atoms with E-state index < -0.39 is 0 Å². The Kier molecular flexibility index (Phi) is 4.88. The van der Waals surface area contributed by atoms with Crippen LogP contribution in [0.3, 0.4) is 0 Å². The summed E-state index contributed by atoms with van der Waals surface area (Å²) in [6.07, 6.45) is 1.44. The highest BCUT2D eigenvalue weighted by Gasteiger charge is 2.15. The Bertz CT molecular complexity index is 660. The number of rotatable bonds is 4. The van der Waals surface area contributed by atoms with Crippen molar-refractivity contribution < 1.29 is 14.3 Å². The van der Waals surface area contributed by atoms with Gasteiger partial charge in [0.15, 0.2) is 11.5 Å². The number of aromatic nitrogens is 1. The zero-order chi connectivity index (χ0) is 15.4. The molecule has 5 nitrogen and oxygen atoms in total. The van der Waals surface area contributed by atoms with Crippen LogP contribution >= 0.6 is 23.2 Å². The number of carbonyl (C=O) groups excluding carboxylic acids is 1. The van der Waals surface area contributed by atoms with E-state index in [1.54, 1.807) is 12.1 Å². The van der Waals surface area contributed by atoms with Crippen molar-refractivity contribution in [2.24, 2.45) is 0 Å². The van der Waals surface area contributed by atoms with Crippen molar-refractivity contribution in [1.82, 2.24) is 4.98 Å². The minimum Gasteiger partial charge on any atom is -0.493 e. The molecule has 0 unspecified atom stereocenters. The maximum absolute atomic E-state index is 12.2. The van der Waals surface area contributed by atoms with Crippen LogP contribution in [-0.4, -0.2) is 25.1 Å². The molecule has 110 valence electrons. The van der Waals surface area contributed by atoms with Gasteiger partial charge in [0, 0.05) is 11.8 Å². The molecule has 0 bridgehead atoms. The third-order valence-corrected chi connectivity index (χ3v) is 3.17. The number of hydrogen-bond acceptors (Lipinski definition) is 4. The average Bonchev–Trinajstić information content (AvgIpc) is 2.48. The van der Waals surface area contributed by atoms with Crippen LogP contribution in [0.4, 0.5) is 5.82 Å². The van der Waals surface area contributed by atoms with Gasteiger partial charge in [0.2, 0.25) is 0 Å². The van der Waals surface area contributed by atoms with Gasteiger partial charge >= 0.3 is 0 Å². The number of pyridine rings is 1. The molecule has 2 rings (SSSR count). The van der Waals surface area contributed by atoms with Crippen molar-refractivity contribution in [2.75, 3.05) is 19.5 Å². The normalized spacial score (nSPS) is 10.1. The molecule has 0 atom stereocenters. The van der Waals surface area contributed by atoms with E-state index in [2.05, 4.69) is 10.3 Å². The number of halogens is 2. The van der Waals surface area contributed by atoms with Gasteiger partial charge in [-0.2, -0.15) is 0 Å². The highest BCUT2D eigenvalue weighted by Crippen LogP contribution is 2.36. The smallest absolute Gasteiger partial charge is 0.257 e. The second kappa shape index (κ2) is 6.65. The lowest BCUT2D eigenvalue weighted by Crippen LogP contribution is -2.13. The third-order valence-electron chi connectivity index (χ3n) is 2.66. The minimum absolute atomic E-state index is 0.283. The van der Waals surface area contributed by atoms with Crippen LogP contribution in [0.25, 0.3) is 0 Å². The predicted molar refractivity (Wildman–Crippen MR) is 81.8 cm³/mol. The number of carbonyl (C=O) groups is 1. The lowest BCUT2D eigenvalue weighted by molar-refractivity contribution is 0.102. The second-order valence-corrected chi connectivity index (χ2v) is 4.85. The van der Waals surface area contributed by atoms with Crippen LogP contribution in [0.5, 0.6) is 11.5 Å². The van der Waals surface area contributed by atoms with E-state index in [1.807, 2.05) is 0 Å². The number of hydrogen-bond donors (Lipinski definition) is 1. The number of anilines is 1. The summed E-state index contributed by atoms with van der Waals surface area (Å²) >= 11 is 11.8. The molecule has 0 spiro atoms. The van der Waals surface area contributed by atoms with Crippen LogP contribution in [0, 0.1) is 0 Å². The third kappa shape index (κ3) is 3.56. The number of benzene rings is 1. The first-order valence-corrected chi connectivity index (χ1v) is 6.65. The van der Waals surface area contributed by atoms with Crippen LogP contribution in [0.15, 0.2) is 30.5 Å². The van der Waals surface area contributed by atoms with Crippen molar-refractivity contribution in [3.8, 4) is 11.5 Å². The fraction of sp³-hybridized carbons (Fsp3) is 0.143. The first kappa shape index (κ1) is 15.4. The van der Waals surface area contributed by atoms with Crippen molar-refractivity contribution >= 4 is 34.9 Å². The van der Waals surface area contributed by atoms with E-state index in [1.165, 1.54) is 32.5 Å². The van der Waals surface area contributed by atoms with Gasteiger partial charge in [-0.05, 0) is 24.3 Å². The van der Waals surface area contributed by atoms with E-state index in [9.17, 15) is 4.79 Å². The monoisotopic (exact) mass is 326 g/mol. The highest BCUT2D eigenvalue weighted by atomic mass is 35.5. The lowest BCUT2D eigenvalue weighted by atomic mass is 10.2. The molecule has 1 aromatic heterocycles. The summed E-state index contributed by atoms with van der Waals surface area (Å²) in [6.45, 7) is 0. The highest BCUT2D eigenvalue weighted by molar-refractivity contribution is 6.33. The van der Waals surface area contributed by atoms with Gasteiger partial charge in [0.25, 0.3) is 5.91 Å². The number of amides is 1. The van der Waals surface area contributed by atoms with E-state index in [-0.39, 0.29) is 10.9 Å².